The van der Waals surface area contributed by atoms with Crippen LogP contribution in [0.2, 0.25) is 0 Å². The van der Waals surface area contributed by atoms with Crippen molar-refractivity contribution in [1.29, 1.82) is 0 Å². The van der Waals surface area contributed by atoms with Crippen molar-refractivity contribution in [1.82, 2.24) is 4.72 Å². The number of benzene rings is 2. The molecule has 2 aromatic carbocycles. The lowest BCUT2D eigenvalue weighted by molar-refractivity contribution is -0.130. The summed E-state index contributed by atoms with van der Waals surface area (Å²) in [4.78, 5) is 17.3. The molecular formula is C20H20F2N2O4S. The Bertz CT molecular complexity index is 1010. The molecule has 1 N–H and O–H groups in total. The van der Waals surface area contributed by atoms with Crippen LogP contribution >= 0.6 is 0 Å². The Morgan fingerprint density at radius 2 is 1.59 bits per heavy atom. The Labute approximate surface area is 167 Å². The molecule has 0 heterocycles. The van der Waals surface area contributed by atoms with Gasteiger partial charge in [0.2, 0.25) is 0 Å². The highest BCUT2D eigenvalue weighted by atomic mass is 32.2. The summed E-state index contributed by atoms with van der Waals surface area (Å²) in [7, 11) is -4.24. The second kappa shape index (κ2) is 7.72. The standard InChI is InChI=1S/C20H20F2N2O4S/c21-19(22)28-24(20(25)23-29(26,27)15-8-2-1-3-9-15)18-16-10-4-6-13(16)12-14-7-5-11-17(14)18/h1-3,8-9,12,19H,4-7,10-11H2,(H,23,25). The largest absolute Gasteiger partial charge is 0.365 e. The number of hydrogen-bond donors (Lipinski definition) is 1. The fourth-order valence-corrected chi connectivity index (χ4v) is 5.07. The van der Waals surface area contributed by atoms with E-state index in [2.05, 4.69) is 10.9 Å². The molecule has 0 unspecified atom stereocenters. The fourth-order valence-electron chi connectivity index (χ4n) is 4.13. The van der Waals surface area contributed by atoms with Gasteiger partial charge < -0.3 is 0 Å². The van der Waals surface area contributed by atoms with E-state index in [0.29, 0.717) is 17.9 Å². The third-order valence-corrected chi connectivity index (χ3v) is 6.63. The Hall–Kier alpha value is -2.52. The van der Waals surface area contributed by atoms with Crippen molar-refractivity contribution in [3.05, 3.63) is 58.7 Å². The van der Waals surface area contributed by atoms with Crippen molar-refractivity contribution in [2.45, 2.75) is 50.0 Å². The van der Waals surface area contributed by atoms with E-state index < -0.39 is 22.7 Å². The van der Waals surface area contributed by atoms with E-state index in [1.54, 1.807) is 6.07 Å². The van der Waals surface area contributed by atoms with Gasteiger partial charge in [-0.1, -0.05) is 24.3 Å². The average molecular weight is 422 g/mol. The Balaban J connectivity index is 1.74. The zero-order valence-electron chi connectivity index (χ0n) is 15.5. The number of rotatable bonds is 5. The number of hydrogen-bond acceptors (Lipinski definition) is 4. The minimum atomic E-state index is -4.24. The van der Waals surface area contributed by atoms with Gasteiger partial charge in [0.25, 0.3) is 10.0 Å². The fraction of sp³-hybridized carbons (Fsp3) is 0.350. The summed E-state index contributed by atoms with van der Waals surface area (Å²) in [6, 6.07) is 8.07. The molecule has 2 aromatic rings. The van der Waals surface area contributed by atoms with Gasteiger partial charge in [-0.3, -0.25) is 0 Å². The number of carbonyl (C=O) groups is 1. The molecule has 0 spiro atoms. The number of alkyl halides is 2. The summed E-state index contributed by atoms with van der Waals surface area (Å²) in [5, 5.41) is 0.444. The van der Waals surface area contributed by atoms with Gasteiger partial charge in [0.05, 0.1) is 10.6 Å². The van der Waals surface area contributed by atoms with Crippen LogP contribution in [0, 0.1) is 0 Å². The first-order valence-corrected chi connectivity index (χ1v) is 10.9. The number of hydroxylamine groups is 1. The lowest BCUT2D eigenvalue weighted by atomic mass is 9.98. The molecule has 0 bridgehead atoms. The van der Waals surface area contributed by atoms with Crippen LogP contribution in [0.5, 0.6) is 0 Å². The van der Waals surface area contributed by atoms with E-state index >= 15 is 0 Å². The van der Waals surface area contributed by atoms with Gasteiger partial charge in [-0.15, -0.1) is 0 Å². The molecule has 0 atom stereocenters. The number of nitrogens with one attached hydrogen (secondary N) is 1. The van der Waals surface area contributed by atoms with Crippen LogP contribution < -0.4 is 9.79 Å². The number of sulfonamides is 1. The molecule has 154 valence electrons. The van der Waals surface area contributed by atoms with Gasteiger partial charge in [0, 0.05) is 0 Å². The number of fused-ring (bicyclic) bond motifs is 2. The number of urea groups is 1. The normalized spacial score (nSPS) is 15.3. The molecule has 2 aliphatic rings. The van der Waals surface area contributed by atoms with Crippen molar-refractivity contribution < 1.29 is 26.8 Å². The summed E-state index contributed by atoms with van der Waals surface area (Å²) in [5.41, 5.74) is 3.83. The quantitative estimate of drug-likeness (QED) is 0.745. The van der Waals surface area contributed by atoms with Crippen molar-refractivity contribution in [3.63, 3.8) is 0 Å². The Morgan fingerprint density at radius 3 is 2.14 bits per heavy atom. The zero-order valence-corrected chi connectivity index (χ0v) is 16.3. The maximum Gasteiger partial charge on any atom is 0.365 e. The van der Waals surface area contributed by atoms with Gasteiger partial charge in [-0.2, -0.15) is 18.7 Å². The lowest BCUT2D eigenvalue weighted by Crippen LogP contribution is -2.44. The van der Waals surface area contributed by atoms with Crippen LogP contribution in [0.3, 0.4) is 0 Å². The number of nitrogens with zero attached hydrogens (tertiary/aromatic N) is 1. The van der Waals surface area contributed by atoms with Crippen LogP contribution in [-0.4, -0.2) is 21.1 Å². The van der Waals surface area contributed by atoms with E-state index in [0.717, 1.165) is 47.9 Å². The van der Waals surface area contributed by atoms with E-state index in [1.165, 1.54) is 24.3 Å². The van der Waals surface area contributed by atoms with E-state index in [4.69, 9.17) is 0 Å². The molecule has 2 aliphatic carbocycles. The molecule has 9 heteroatoms. The monoisotopic (exact) mass is 422 g/mol. The van der Waals surface area contributed by atoms with Crippen molar-refractivity contribution >= 4 is 21.7 Å². The number of anilines is 1. The molecule has 0 fully saturated rings. The Kier molecular flexibility index (Phi) is 5.26. The highest BCUT2D eigenvalue weighted by Gasteiger charge is 2.34. The maximum absolute atomic E-state index is 13.2. The van der Waals surface area contributed by atoms with Gasteiger partial charge in [0.1, 0.15) is 0 Å². The molecule has 6 nitrogen and oxygen atoms in total. The van der Waals surface area contributed by atoms with Gasteiger partial charge in [0.15, 0.2) is 0 Å². The van der Waals surface area contributed by atoms with Crippen LogP contribution in [0.4, 0.5) is 19.3 Å². The molecule has 0 saturated carbocycles. The van der Waals surface area contributed by atoms with Crippen LogP contribution in [0.15, 0.2) is 41.3 Å². The molecule has 4 rings (SSSR count). The Morgan fingerprint density at radius 1 is 1.00 bits per heavy atom. The van der Waals surface area contributed by atoms with Crippen LogP contribution in [-0.2, 0) is 40.5 Å². The molecule has 0 radical (unpaired) electrons. The average Bonchev–Trinajstić information content (AvgIpc) is 3.33. The number of halogens is 2. The predicted octanol–water partition coefficient (Wildman–Crippen LogP) is 3.72. The molecule has 0 saturated heterocycles. The second-order valence-corrected chi connectivity index (χ2v) is 8.77. The van der Waals surface area contributed by atoms with Gasteiger partial charge >= 0.3 is 12.6 Å². The molecule has 0 aliphatic heterocycles. The summed E-state index contributed by atoms with van der Waals surface area (Å²) < 4.78 is 53.3. The van der Waals surface area contributed by atoms with Gasteiger partial charge in [-0.25, -0.2) is 17.9 Å². The van der Waals surface area contributed by atoms with E-state index in [1.807, 2.05) is 4.72 Å². The molecular weight excluding hydrogens is 402 g/mol. The van der Waals surface area contributed by atoms with E-state index in [9.17, 15) is 22.0 Å². The maximum atomic E-state index is 13.2. The highest BCUT2D eigenvalue weighted by Crippen LogP contribution is 2.41. The zero-order chi connectivity index (χ0) is 20.6. The summed E-state index contributed by atoms with van der Waals surface area (Å²) >= 11 is 0. The summed E-state index contributed by atoms with van der Waals surface area (Å²) in [6.45, 7) is -3.28. The third-order valence-electron chi connectivity index (χ3n) is 5.29. The molecule has 2 amide bonds. The SMILES string of the molecule is O=C(NS(=O)(=O)c1ccccc1)N(OC(F)F)c1c2c(cc3c1CCC3)CCC2. The number of aryl methyl sites for hydroxylation is 2. The van der Waals surface area contributed by atoms with Gasteiger partial charge in [-0.05, 0) is 72.9 Å². The number of amides is 2. The first-order valence-electron chi connectivity index (χ1n) is 9.40. The summed E-state index contributed by atoms with van der Waals surface area (Å²) in [6.07, 6.45) is 4.53. The topological polar surface area (TPSA) is 75.7 Å². The van der Waals surface area contributed by atoms with Crippen LogP contribution in [0.1, 0.15) is 35.1 Å². The van der Waals surface area contributed by atoms with Crippen molar-refractivity contribution in [3.8, 4) is 0 Å². The van der Waals surface area contributed by atoms with Crippen molar-refractivity contribution in [2.24, 2.45) is 0 Å². The van der Waals surface area contributed by atoms with Crippen molar-refractivity contribution in [2.75, 3.05) is 5.06 Å². The smallest absolute Gasteiger partial charge is 0.245 e. The minimum Gasteiger partial charge on any atom is -0.245 e. The number of carbonyl (C=O) groups excluding carboxylic acids is 1. The highest BCUT2D eigenvalue weighted by molar-refractivity contribution is 7.90. The summed E-state index contributed by atoms with van der Waals surface area (Å²) in [5.74, 6) is 0. The molecule has 29 heavy (non-hydrogen) atoms. The molecule has 0 aromatic heterocycles. The lowest BCUT2D eigenvalue weighted by Gasteiger charge is -2.26. The second-order valence-electron chi connectivity index (χ2n) is 7.09. The predicted molar refractivity (Wildman–Crippen MR) is 102 cm³/mol. The minimum absolute atomic E-state index is 0.145. The first kappa shape index (κ1) is 19.8. The third kappa shape index (κ3) is 3.84. The first-order chi connectivity index (χ1) is 13.9. The van der Waals surface area contributed by atoms with Crippen LogP contribution in [0.25, 0.3) is 0 Å². The van der Waals surface area contributed by atoms with E-state index in [-0.39, 0.29) is 10.6 Å².